The number of allylic oxidation sites excluding steroid dienone is 12. The minimum absolute atomic E-state index is 0. The van der Waals surface area contributed by atoms with Gasteiger partial charge in [0.05, 0.1) is 85.6 Å². The molecule has 3 rings (SSSR count). The van der Waals surface area contributed by atoms with Crippen molar-refractivity contribution in [1.82, 2.24) is 10.6 Å². The van der Waals surface area contributed by atoms with Crippen LogP contribution >= 0.6 is 0 Å². The first-order valence-electron chi connectivity index (χ1n) is 27.7. The van der Waals surface area contributed by atoms with Gasteiger partial charge in [0.15, 0.2) is 12.1 Å². The molecular weight excluding hydrogens is 1250 g/mol. The van der Waals surface area contributed by atoms with E-state index in [-0.39, 0.29) is 81.5 Å². The second-order valence-electron chi connectivity index (χ2n) is 21.0. The summed E-state index contributed by atoms with van der Waals surface area (Å²) in [7, 11) is 2.23. The molecule has 19 atom stereocenters. The number of nitrogens with one attached hydrogen (secondary N) is 2. The molecule has 14 N–H and O–H groups in total. The summed E-state index contributed by atoms with van der Waals surface area (Å²) in [6.07, 6.45) is 9.79. The Bertz CT molecular complexity index is 1940. The molecule has 3 aliphatic rings. The summed E-state index contributed by atoms with van der Waals surface area (Å²) in [5.41, 5.74) is 6.09. The van der Waals surface area contributed by atoms with Crippen molar-refractivity contribution in [2.75, 3.05) is 6.54 Å². The van der Waals surface area contributed by atoms with Crippen molar-refractivity contribution in [3.63, 3.8) is 0 Å². The summed E-state index contributed by atoms with van der Waals surface area (Å²) in [6, 6.07) is -3.14. The number of carbonyl (C=O) groups excluding carboxylic acids is 3. The Hall–Kier alpha value is -2.85. The van der Waals surface area contributed by atoms with Crippen LogP contribution in [-0.4, -0.2) is 186 Å². The van der Waals surface area contributed by atoms with Crippen molar-refractivity contribution in [3.05, 3.63) is 85.1 Å². The number of cyclic esters (lactones) is 1. The van der Waals surface area contributed by atoms with E-state index in [4.69, 9.17) is 24.7 Å². The monoisotopic (exact) mass is 1340 g/mol. The van der Waals surface area contributed by atoms with Gasteiger partial charge in [0.25, 0.3) is 0 Å². The number of nitrogens with two attached hydrogens (primary N) is 1. The van der Waals surface area contributed by atoms with E-state index in [2.05, 4.69) is 31.7 Å². The van der Waals surface area contributed by atoms with Gasteiger partial charge < -0.3 is 86.4 Å². The van der Waals surface area contributed by atoms with Crippen LogP contribution in [0.3, 0.4) is 0 Å². The number of ether oxygens (including phenoxy) is 4. The van der Waals surface area contributed by atoms with Crippen molar-refractivity contribution in [3.8, 4) is 0 Å². The van der Waals surface area contributed by atoms with E-state index in [1.165, 1.54) is 32.5 Å². The molecule has 20 nitrogen and oxygen atoms in total. The van der Waals surface area contributed by atoms with Crippen molar-refractivity contribution >= 4 is 25.1 Å². The van der Waals surface area contributed by atoms with Gasteiger partial charge in [0, 0.05) is 81.6 Å². The fraction of sp³-hybridized carbons (Fsp3) is 0.702. The van der Waals surface area contributed by atoms with E-state index in [0.717, 1.165) is 0 Å². The minimum Gasteiger partial charge on any atom is -0.462 e. The van der Waals surface area contributed by atoms with E-state index in [9.17, 15) is 65.4 Å². The number of amides is 2. The molecule has 447 valence electrons. The second kappa shape index (κ2) is 40.4. The first-order valence-corrected chi connectivity index (χ1v) is 27.7. The Labute approximate surface area is 493 Å². The molecule has 0 saturated carbocycles. The van der Waals surface area contributed by atoms with Gasteiger partial charge in [0.1, 0.15) is 25.3 Å². The first-order chi connectivity index (χ1) is 36.9. The van der Waals surface area contributed by atoms with Gasteiger partial charge in [-0.15, -0.1) is 0 Å². The summed E-state index contributed by atoms with van der Waals surface area (Å²) < 4.78 is 23.7. The molecule has 0 aromatic rings. The van der Waals surface area contributed by atoms with E-state index in [1.807, 2.05) is 31.2 Å². The molecule has 22 heteroatoms. The van der Waals surface area contributed by atoms with Crippen LogP contribution in [0, 0.1) is 42.9 Å². The Morgan fingerprint density at radius 1 is 0.734 bits per heavy atom. The molecule has 6 unspecified atom stereocenters. The fourth-order valence-corrected chi connectivity index (χ4v) is 8.99. The summed E-state index contributed by atoms with van der Waals surface area (Å²) >= 11 is 0. The summed E-state index contributed by atoms with van der Waals surface area (Å²) in [5, 5.41) is 115. The molecule has 0 aromatic heterocycles. The molecule has 0 spiro atoms. The number of ketones is 1. The maximum Gasteiger partial charge on any atom is 0.315 e. The Morgan fingerprint density at radius 3 is 1.91 bits per heavy atom. The summed E-state index contributed by atoms with van der Waals surface area (Å²) in [6.45, 7) is 12.5. The van der Waals surface area contributed by atoms with E-state index in [1.54, 1.807) is 81.5 Å². The van der Waals surface area contributed by atoms with Gasteiger partial charge in [-0.1, -0.05) is 138 Å². The van der Waals surface area contributed by atoms with E-state index in [0.29, 0.717) is 0 Å². The second-order valence-corrected chi connectivity index (χ2v) is 21.0. The van der Waals surface area contributed by atoms with Crippen molar-refractivity contribution in [1.29, 1.82) is 0 Å². The molecule has 0 aromatic carbocycles. The van der Waals surface area contributed by atoms with Crippen LogP contribution in [0.25, 0.3) is 0 Å². The van der Waals surface area contributed by atoms with Crippen LogP contribution in [0.4, 0.5) is 4.79 Å². The standard InChI is InChI=1S/C51H81N3O17.C6H14B.U/c1-30-18-16-14-12-10-8-6-7-9-11-13-15-17-19-38(70-49-48(65)44(52)47(64)34(5)69-49)27-42-45(54-50(66)53-23-22-31(2)55)41(61)29-51(67,71-42)28-37(58)25-40(60)39(59)21-20-35(56)24-36(57)26-43(62)68-33(4)32(3)46(30)63;1-3-4-5-6-7-2;/h6-19,30,32-42,44-49,56-61,63-65,67H,20-29,52H2,1-5H3,(H2,53,54,66);3-6H2,1-2H3;/b7-6+,10-8+,11-9+,14-12+,15-13+,18-16+,19-17+;;/t30-,32-,33-,34?,35+,36+,37-,38-,39+,40+,41-,42?,44?,45+,46+,47?,48?,49?,51+;;/m0../s1. The SMILES string of the molecule is CC(=O)CCNC(=O)N[C@H]1C2C[C@@H](OC3OC(C)C(O)C(N)C3O)/C=C/C=C/C=C/C=C/C=C/C=C/C=C/[C@H](C)[C@@H](O)[C@@H](C)[C@H](C)OC(=O)C[C@H](O)C[C@H](O)CC[C@@H](O)[C@H](O)C[C@H](O)C[C@](O)(C[C@@H]1O)O2.C[B]CCCCC.[U]. The van der Waals surface area contributed by atoms with Crippen molar-refractivity contribution < 1.29 is 116 Å². The van der Waals surface area contributed by atoms with Crippen LogP contribution in [0.5, 0.6) is 0 Å². The molecule has 2 bridgehead atoms. The van der Waals surface area contributed by atoms with Gasteiger partial charge >= 0.3 is 12.0 Å². The average Bonchev–Trinajstić information content (AvgIpc) is 3.36. The number of aliphatic hydroxyl groups is 10. The molecular formula is C57H95BN3O17U. The van der Waals surface area contributed by atoms with Crippen LogP contribution in [0.15, 0.2) is 85.1 Å². The third-order valence-corrected chi connectivity index (χ3v) is 13.9. The Balaban J connectivity index is 0.00000364. The Morgan fingerprint density at radius 2 is 1.33 bits per heavy atom. The number of esters is 1. The smallest absolute Gasteiger partial charge is 0.315 e. The summed E-state index contributed by atoms with van der Waals surface area (Å²) in [4.78, 5) is 37.3. The maximum absolute atomic E-state index is 13.1. The first kappa shape index (κ1) is 74.2. The normalized spacial score (nSPS) is 39.0. The number of urea groups is 1. The van der Waals surface area contributed by atoms with Crippen LogP contribution in [-0.2, 0) is 28.5 Å². The molecule has 1 radical (unpaired) electrons. The van der Waals surface area contributed by atoms with Crippen LogP contribution < -0.4 is 16.4 Å². The zero-order chi connectivity index (χ0) is 58.4. The topological polar surface area (TPSA) is 341 Å². The number of hydrogen-bond acceptors (Lipinski definition) is 18. The largest absolute Gasteiger partial charge is 0.462 e. The van der Waals surface area contributed by atoms with Crippen LogP contribution in [0.2, 0.25) is 13.1 Å². The van der Waals surface area contributed by atoms with Crippen molar-refractivity contribution in [2.45, 2.75) is 235 Å². The van der Waals surface area contributed by atoms with Gasteiger partial charge in [-0.3, -0.25) is 9.59 Å². The minimum atomic E-state index is -2.29. The molecule has 3 heterocycles. The fourth-order valence-electron chi connectivity index (χ4n) is 8.99. The third kappa shape index (κ3) is 29.8. The van der Waals surface area contributed by atoms with Gasteiger partial charge in [-0.05, 0) is 40.0 Å². The molecule has 2 saturated heterocycles. The van der Waals surface area contributed by atoms with Gasteiger partial charge in [-0.2, -0.15) is 0 Å². The maximum atomic E-state index is 13.1. The van der Waals surface area contributed by atoms with E-state index >= 15 is 0 Å². The number of hydrogen-bond donors (Lipinski definition) is 13. The zero-order valence-electron chi connectivity index (χ0n) is 47.4. The molecule has 79 heavy (non-hydrogen) atoms. The zero-order valence-corrected chi connectivity index (χ0v) is 51.5. The van der Waals surface area contributed by atoms with Crippen LogP contribution in [0.1, 0.15) is 119 Å². The number of aliphatic hydroxyl groups excluding tert-OH is 9. The van der Waals surface area contributed by atoms with E-state index < -0.39 is 147 Å². The van der Waals surface area contributed by atoms with Crippen molar-refractivity contribution in [2.24, 2.45) is 17.6 Å². The molecule has 2 fully saturated rings. The third-order valence-electron chi connectivity index (χ3n) is 13.9. The molecule has 2 amide bonds. The number of rotatable bonds is 10. The predicted molar refractivity (Wildman–Crippen MR) is 297 cm³/mol. The number of Topliss-reactive ketones (excluding diaryl/α,β-unsaturated/α-hetero) is 1. The number of fused-ring (bicyclic) bond motifs is 2. The number of carbonyl (C=O) groups is 3. The summed E-state index contributed by atoms with van der Waals surface area (Å²) in [5.74, 6) is -3.93. The predicted octanol–water partition coefficient (Wildman–Crippen LogP) is 3.01. The average molecular weight is 1340 g/mol. The molecule has 3 aliphatic heterocycles. The quantitative estimate of drug-likeness (QED) is 0.0849. The van der Waals surface area contributed by atoms with Gasteiger partial charge in [-0.25, -0.2) is 4.79 Å². The number of unbranched alkanes of at least 4 members (excludes halogenated alkanes) is 2. The van der Waals surface area contributed by atoms with Gasteiger partial charge in [0.2, 0.25) is 0 Å². The molecule has 0 aliphatic carbocycles. The Kier molecular flexibility index (Phi) is 37.9.